The third-order valence-corrected chi connectivity index (χ3v) is 6.33. The Morgan fingerprint density at radius 2 is 1.97 bits per heavy atom. The van der Waals surface area contributed by atoms with E-state index in [-0.39, 0.29) is 30.4 Å². The van der Waals surface area contributed by atoms with Crippen molar-refractivity contribution in [3.05, 3.63) is 35.9 Å². The van der Waals surface area contributed by atoms with Crippen LogP contribution in [0.15, 0.2) is 30.3 Å². The third-order valence-electron chi connectivity index (χ3n) is 6.33. The van der Waals surface area contributed by atoms with Crippen molar-refractivity contribution in [3.63, 3.8) is 0 Å². The van der Waals surface area contributed by atoms with Gasteiger partial charge in [-0.1, -0.05) is 36.8 Å². The summed E-state index contributed by atoms with van der Waals surface area (Å²) in [5, 5.41) is 12.8. The molecule has 1 saturated carbocycles. The van der Waals surface area contributed by atoms with Crippen molar-refractivity contribution in [2.24, 2.45) is 5.92 Å². The van der Waals surface area contributed by atoms with Crippen molar-refractivity contribution >= 4 is 17.8 Å². The maximum absolute atomic E-state index is 13.2. The van der Waals surface area contributed by atoms with Crippen molar-refractivity contribution in [2.45, 2.75) is 76.5 Å². The molecular weight excluding hydrogens is 384 g/mol. The molecule has 1 heterocycles. The van der Waals surface area contributed by atoms with Crippen LogP contribution in [0, 0.1) is 5.92 Å². The number of benzene rings is 1. The number of likely N-dealkylation sites (tertiary alicyclic amines) is 1. The third kappa shape index (κ3) is 5.01. The topological polar surface area (TPSA) is 95.9 Å². The van der Waals surface area contributed by atoms with Gasteiger partial charge in [-0.05, 0) is 57.4 Å². The first-order valence-corrected chi connectivity index (χ1v) is 10.9. The van der Waals surface area contributed by atoms with Gasteiger partial charge < -0.3 is 14.7 Å². The van der Waals surface area contributed by atoms with E-state index in [9.17, 15) is 19.5 Å². The smallest absolute Gasteiger partial charge is 0.326 e. The number of amides is 1. The molecule has 30 heavy (non-hydrogen) atoms. The number of nitrogens with zero attached hydrogens (tertiary/aromatic N) is 1. The van der Waals surface area contributed by atoms with Gasteiger partial charge in [-0.3, -0.25) is 14.9 Å². The largest absolute Gasteiger partial charge is 0.480 e. The Balaban J connectivity index is 1.68. The Hall–Kier alpha value is -2.41. The van der Waals surface area contributed by atoms with Crippen molar-refractivity contribution in [1.82, 2.24) is 10.2 Å². The molecule has 5 atom stereocenters. The van der Waals surface area contributed by atoms with Crippen LogP contribution in [-0.4, -0.2) is 58.6 Å². The number of carboxylic acid groups (broad SMARTS) is 1. The number of carbonyl (C=O) groups is 3. The molecular formula is C23H32N2O5. The molecule has 164 valence electrons. The maximum atomic E-state index is 13.2. The van der Waals surface area contributed by atoms with Gasteiger partial charge in [-0.2, -0.15) is 0 Å². The van der Waals surface area contributed by atoms with Crippen LogP contribution >= 0.6 is 0 Å². The summed E-state index contributed by atoms with van der Waals surface area (Å²) >= 11 is 0. The number of fused-ring (bicyclic) bond motifs is 1. The fraction of sp³-hybridized carbons (Fsp3) is 0.609. The van der Waals surface area contributed by atoms with Gasteiger partial charge in [0.2, 0.25) is 5.91 Å². The first kappa shape index (κ1) is 22.3. The second kappa shape index (κ2) is 10.1. The monoisotopic (exact) mass is 416 g/mol. The second-order valence-electron chi connectivity index (χ2n) is 8.31. The summed E-state index contributed by atoms with van der Waals surface area (Å²) in [4.78, 5) is 39.1. The molecule has 1 aliphatic heterocycles. The Morgan fingerprint density at radius 3 is 2.63 bits per heavy atom. The Bertz CT molecular complexity index is 753. The molecule has 0 spiro atoms. The molecule has 1 saturated heterocycles. The highest BCUT2D eigenvalue weighted by atomic mass is 16.5. The molecule has 7 heteroatoms. The number of ether oxygens (including phenoxy) is 1. The zero-order valence-electron chi connectivity index (χ0n) is 17.8. The molecule has 2 N–H and O–H groups in total. The molecule has 2 aliphatic rings. The van der Waals surface area contributed by atoms with Gasteiger partial charge in [0.15, 0.2) is 0 Å². The highest BCUT2D eigenvalue weighted by molar-refractivity contribution is 5.88. The number of aryl methyl sites for hydroxylation is 1. The van der Waals surface area contributed by atoms with Gasteiger partial charge in [-0.25, -0.2) is 4.79 Å². The van der Waals surface area contributed by atoms with Crippen LogP contribution in [0.2, 0.25) is 0 Å². The quantitative estimate of drug-likeness (QED) is 0.600. The molecule has 0 radical (unpaired) electrons. The zero-order chi connectivity index (χ0) is 21.7. The molecule has 7 nitrogen and oxygen atoms in total. The minimum Gasteiger partial charge on any atom is -0.480 e. The van der Waals surface area contributed by atoms with Crippen LogP contribution in [0.25, 0.3) is 0 Å². The predicted octanol–water partition coefficient (Wildman–Crippen LogP) is 2.38. The van der Waals surface area contributed by atoms with Gasteiger partial charge in [0.25, 0.3) is 0 Å². The number of esters is 1. The molecule has 1 aromatic carbocycles. The molecule has 3 rings (SSSR count). The number of carboxylic acids is 1. The number of aliphatic carboxylic acids is 1. The average molecular weight is 417 g/mol. The predicted molar refractivity (Wildman–Crippen MR) is 112 cm³/mol. The summed E-state index contributed by atoms with van der Waals surface area (Å²) in [7, 11) is 0. The Labute approximate surface area is 177 Å². The second-order valence-corrected chi connectivity index (χ2v) is 8.31. The van der Waals surface area contributed by atoms with Gasteiger partial charge in [-0.15, -0.1) is 0 Å². The summed E-state index contributed by atoms with van der Waals surface area (Å²) < 4.78 is 5.21. The Morgan fingerprint density at radius 1 is 1.23 bits per heavy atom. The van der Waals surface area contributed by atoms with E-state index in [4.69, 9.17) is 4.74 Å². The minimum absolute atomic E-state index is 0.00629. The van der Waals surface area contributed by atoms with E-state index in [1.807, 2.05) is 30.3 Å². The first-order chi connectivity index (χ1) is 14.4. The van der Waals surface area contributed by atoms with Crippen LogP contribution < -0.4 is 5.32 Å². The summed E-state index contributed by atoms with van der Waals surface area (Å²) in [5.41, 5.74) is 1.10. The minimum atomic E-state index is -0.948. The van der Waals surface area contributed by atoms with E-state index in [1.54, 1.807) is 18.7 Å². The van der Waals surface area contributed by atoms with Gasteiger partial charge in [0.1, 0.15) is 12.1 Å². The summed E-state index contributed by atoms with van der Waals surface area (Å²) in [5.74, 6) is -1.31. The lowest BCUT2D eigenvalue weighted by atomic mass is 10.0. The van der Waals surface area contributed by atoms with E-state index in [0.29, 0.717) is 19.3 Å². The van der Waals surface area contributed by atoms with Crippen molar-refractivity contribution in [3.8, 4) is 0 Å². The fourth-order valence-electron chi connectivity index (χ4n) is 4.89. The average Bonchev–Trinajstić information content (AvgIpc) is 3.32. The summed E-state index contributed by atoms with van der Waals surface area (Å²) in [6.07, 6.45) is 4.54. The zero-order valence-corrected chi connectivity index (χ0v) is 17.8. The van der Waals surface area contributed by atoms with Gasteiger partial charge in [0.05, 0.1) is 12.6 Å². The standard InChI is InChI=1S/C23H32N2O5/c1-3-30-23(29)18(13-12-16-8-5-4-6-9-16)24-15(2)21(26)25-19-11-7-10-17(19)14-20(25)22(27)28/h4-6,8-9,15,17-20,24H,3,7,10-14H2,1-2H3,(H,27,28)/t15-,17+,18-,19+,20?/m0/s1. The van der Waals surface area contributed by atoms with E-state index in [1.165, 1.54) is 0 Å². The van der Waals surface area contributed by atoms with E-state index in [2.05, 4.69) is 5.32 Å². The maximum Gasteiger partial charge on any atom is 0.326 e. The van der Waals surface area contributed by atoms with E-state index in [0.717, 1.165) is 24.8 Å². The number of rotatable bonds is 9. The van der Waals surface area contributed by atoms with Crippen molar-refractivity contribution in [1.29, 1.82) is 0 Å². The highest BCUT2D eigenvalue weighted by Crippen LogP contribution is 2.41. The number of hydrogen-bond acceptors (Lipinski definition) is 5. The van der Waals surface area contributed by atoms with Crippen LogP contribution in [0.5, 0.6) is 0 Å². The van der Waals surface area contributed by atoms with Gasteiger partial charge >= 0.3 is 11.9 Å². The molecule has 1 amide bonds. The number of hydrogen-bond donors (Lipinski definition) is 2. The molecule has 1 aromatic rings. The van der Waals surface area contributed by atoms with Crippen LogP contribution in [0.1, 0.15) is 51.5 Å². The van der Waals surface area contributed by atoms with E-state index >= 15 is 0 Å². The number of carbonyl (C=O) groups excluding carboxylic acids is 2. The summed E-state index contributed by atoms with van der Waals surface area (Å²) in [6, 6.07) is 7.76. The normalized spacial score (nSPS) is 24.9. The molecule has 0 bridgehead atoms. The van der Waals surface area contributed by atoms with Gasteiger partial charge in [0, 0.05) is 6.04 Å². The molecule has 1 unspecified atom stereocenters. The van der Waals surface area contributed by atoms with Crippen molar-refractivity contribution < 1.29 is 24.2 Å². The molecule has 1 aliphatic carbocycles. The molecule has 2 fully saturated rings. The van der Waals surface area contributed by atoms with Crippen molar-refractivity contribution in [2.75, 3.05) is 6.61 Å². The van der Waals surface area contributed by atoms with Crippen LogP contribution in [0.4, 0.5) is 0 Å². The SMILES string of the molecule is CCOC(=O)[C@H](CCc1ccccc1)N[C@@H](C)C(=O)N1C(C(=O)O)C[C@H]2CCC[C@H]21. The molecule has 0 aromatic heterocycles. The van der Waals surface area contributed by atoms with E-state index < -0.39 is 24.1 Å². The summed E-state index contributed by atoms with van der Waals surface area (Å²) in [6.45, 7) is 3.72. The lowest BCUT2D eigenvalue weighted by Crippen LogP contribution is -2.55. The fourth-order valence-corrected chi connectivity index (χ4v) is 4.89. The van der Waals surface area contributed by atoms with Crippen LogP contribution in [0.3, 0.4) is 0 Å². The Kier molecular flexibility index (Phi) is 7.48. The number of nitrogens with one attached hydrogen (secondary N) is 1. The highest BCUT2D eigenvalue weighted by Gasteiger charge is 2.49. The lowest BCUT2D eigenvalue weighted by molar-refractivity contribution is -0.151. The lowest BCUT2D eigenvalue weighted by Gasteiger charge is -2.31. The first-order valence-electron chi connectivity index (χ1n) is 10.9. The van der Waals surface area contributed by atoms with Crippen LogP contribution in [-0.2, 0) is 25.5 Å².